The van der Waals surface area contributed by atoms with Gasteiger partial charge in [0.15, 0.2) is 0 Å². The fraction of sp³-hybridized carbons (Fsp3) is 0.474. The average molecular weight is 347 g/mol. The van der Waals surface area contributed by atoms with Crippen molar-refractivity contribution in [2.75, 3.05) is 14.2 Å². The lowest BCUT2D eigenvalue weighted by molar-refractivity contribution is -0.170. The molecule has 1 saturated heterocycles. The molecule has 0 radical (unpaired) electrons. The fourth-order valence-corrected chi connectivity index (χ4v) is 3.31. The molecule has 1 heterocycles. The Balaban J connectivity index is 2.26. The number of carbonyl (C=O) groups is 2. The van der Waals surface area contributed by atoms with E-state index in [0.29, 0.717) is 12.8 Å². The summed E-state index contributed by atoms with van der Waals surface area (Å²) < 4.78 is 15.9. The van der Waals surface area contributed by atoms with E-state index in [4.69, 9.17) is 14.2 Å². The van der Waals surface area contributed by atoms with Crippen LogP contribution >= 0.6 is 0 Å². The van der Waals surface area contributed by atoms with Crippen LogP contribution in [0.3, 0.4) is 0 Å². The molecule has 2 atom stereocenters. The van der Waals surface area contributed by atoms with Gasteiger partial charge in [0, 0.05) is 7.11 Å². The maximum Gasteiger partial charge on any atom is 0.413 e. The number of hydrogen-bond donors (Lipinski definition) is 0. The van der Waals surface area contributed by atoms with Crippen molar-refractivity contribution in [2.45, 2.75) is 44.1 Å². The maximum absolute atomic E-state index is 12.8. The van der Waals surface area contributed by atoms with Crippen LogP contribution in [0.2, 0.25) is 0 Å². The second-order valence-electron chi connectivity index (χ2n) is 6.01. The molecule has 0 saturated carbocycles. The van der Waals surface area contributed by atoms with E-state index in [-0.39, 0.29) is 13.0 Å². The maximum atomic E-state index is 12.8. The molecule has 2 rings (SSSR count). The topological polar surface area (TPSA) is 65.1 Å². The molecule has 1 aromatic rings. The zero-order chi connectivity index (χ0) is 18.3. The summed E-state index contributed by atoms with van der Waals surface area (Å²) in [5.74, 6) is -0.481. The van der Waals surface area contributed by atoms with E-state index in [9.17, 15) is 9.59 Å². The lowest BCUT2D eigenvalue weighted by Crippen LogP contribution is -2.63. The van der Waals surface area contributed by atoms with Crippen LogP contribution in [0.4, 0.5) is 4.79 Å². The number of hydrogen-bond acceptors (Lipinski definition) is 5. The van der Waals surface area contributed by atoms with Crippen LogP contribution in [0.25, 0.3) is 0 Å². The minimum Gasteiger partial charge on any atom is -0.467 e. The molecule has 0 N–H and O–H groups in total. The normalized spacial score (nSPS) is 23.0. The Hall–Kier alpha value is -2.34. The number of ether oxygens (including phenoxy) is 3. The summed E-state index contributed by atoms with van der Waals surface area (Å²) >= 11 is 0. The largest absolute Gasteiger partial charge is 0.467 e. The molecule has 6 nitrogen and oxygen atoms in total. The number of esters is 1. The van der Waals surface area contributed by atoms with Gasteiger partial charge >= 0.3 is 12.1 Å². The number of rotatable bonds is 6. The van der Waals surface area contributed by atoms with Crippen LogP contribution in [0.1, 0.15) is 31.2 Å². The molecule has 1 aliphatic heterocycles. The lowest BCUT2D eigenvalue weighted by Gasteiger charge is -2.47. The number of piperidine rings is 1. The van der Waals surface area contributed by atoms with Crippen LogP contribution in [0, 0.1) is 0 Å². The first-order chi connectivity index (χ1) is 12.1. The van der Waals surface area contributed by atoms with Crippen molar-refractivity contribution in [3.8, 4) is 0 Å². The monoisotopic (exact) mass is 347 g/mol. The predicted octanol–water partition coefficient (Wildman–Crippen LogP) is 3.27. The molecule has 136 valence electrons. The standard InChI is InChI=1S/C19H25NO5/c1-4-12-19(17(21)24-3)13-8-11-16(23-2)20(19)18(22)25-14-15-9-6-5-7-10-15/h4-7,9-10,16H,1,8,11-14H2,2-3H3/t16?,19-/m1/s1. The van der Waals surface area contributed by atoms with Crippen LogP contribution in [-0.2, 0) is 25.6 Å². The van der Waals surface area contributed by atoms with Crippen molar-refractivity contribution < 1.29 is 23.8 Å². The molecular formula is C19H25NO5. The van der Waals surface area contributed by atoms with Crippen molar-refractivity contribution in [3.05, 3.63) is 48.6 Å². The molecule has 0 aromatic heterocycles. The van der Waals surface area contributed by atoms with Gasteiger partial charge in [-0.1, -0.05) is 36.4 Å². The number of amides is 1. The highest BCUT2D eigenvalue weighted by molar-refractivity contribution is 5.86. The number of benzene rings is 1. The molecule has 0 bridgehead atoms. The SMILES string of the molecule is C=CC[C@]1(C(=O)OC)CCCC(OC)N1C(=O)OCc1ccccc1. The van der Waals surface area contributed by atoms with E-state index in [1.165, 1.54) is 19.1 Å². The molecule has 6 heteroatoms. The Bertz CT molecular complexity index is 603. The Kier molecular flexibility index (Phi) is 6.58. The van der Waals surface area contributed by atoms with Gasteiger partial charge in [0.2, 0.25) is 0 Å². The Morgan fingerprint density at radius 3 is 2.64 bits per heavy atom. The minimum absolute atomic E-state index is 0.123. The number of nitrogens with zero attached hydrogens (tertiary/aromatic N) is 1. The third-order valence-electron chi connectivity index (χ3n) is 4.51. The number of likely N-dealkylation sites (tertiary alicyclic amines) is 1. The molecular weight excluding hydrogens is 322 g/mol. The van der Waals surface area contributed by atoms with Crippen LogP contribution in [0.15, 0.2) is 43.0 Å². The predicted molar refractivity (Wildman–Crippen MR) is 92.7 cm³/mol. The van der Waals surface area contributed by atoms with E-state index in [1.54, 1.807) is 6.08 Å². The van der Waals surface area contributed by atoms with Gasteiger partial charge in [-0.3, -0.25) is 4.90 Å². The molecule has 1 aliphatic rings. The number of carbonyl (C=O) groups excluding carboxylic acids is 2. The highest BCUT2D eigenvalue weighted by Crippen LogP contribution is 2.37. The van der Waals surface area contributed by atoms with E-state index in [2.05, 4.69) is 6.58 Å². The lowest BCUT2D eigenvalue weighted by atomic mass is 9.83. The second kappa shape index (κ2) is 8.67. The fourth-order valence-electron chi connectivity index (χ4n) is 3.31. The summed E-state index contributed by atoms with van der Waals surface area (Å²) in [4.78, 5) is 26.8. The molecule has 0 spiro atoms. The number of methoxy groups -OCH3 is 2. The smallest absolute Gasteiger partial charge is 0.413 e. The Morgan fingerprint density at radius 1 is 1.32 bits per heavy atom. The van der Waals surface area contributed by atoms with Crippen molar-refractivity contribution in [1.82, 2.24) is 4.90 Å². The molecule has 0 aliphatic carbocycles. The van der Waals surface area contributed by atoms with Gasteiger partial charge in [0.05, 0.1) is 7.11 Å². The quantitative estimate of drug-likeness (QED) is 0.584. The van der Waals surface area contributed by atoms with E-state index >= 15 is 0 Å². The second-order valence-corrected chi connectivity index (χ2v) is 6.01. The summed E-state index contributed by atoms with van der Waals surface area (Å²) in [5.41, 5.74) is -0.280. The Morgan fingerprint density at radius 2 is 2.04 bits per heavy atom. The van der Waals surface area contributed by atoms with Gasteiger partial charge in [-0.15, -0.1) is 6.58 Å². The third kappa shape index (κ3) is 4.02. The van der Waals surface area contributed by atoms with Crippen LogP contribution in [0.5, 0.6) is 0 Å². The van der Waals surface area contributed by atoms with Gasteiger partial charge in [0.25, 0.3) is 0 Å². The van der Waals surface area contributed by atoms with Gasteiger partial charge in [-0.2, -0.15) is 0 Å². The molecule has 1 unspecified atom stereocenters. The van der Waals surface area contributed by atoms with Crippen LogP contribution < -0.4 is 0 Å². The first-order valence-corrected chi connectivity index (χ1v) is 8.31. The summed E-state index contributed by atoms with van der Waals surface area (Å²) in [5, 5.41) is 0. The van der Waals surface area contributed by atoms with E-state index in [0.717, 1.165) is 12.0 Å². The highest BCUT2D eigenvalue weighted by Gasteiger charge is 2.52. The zero-order valence-corrected chi connectivity index (χ0v) is 14.8. The molecule has 1 amide bonds. The summed E-state index contributed by atoms with van der Waals surface area (Å²) in [7, 11) is 2.83. The first kappa shape index (κ1) is 19.0. The van der Waals surface area contributed by atoms with E-state index < -0.39 is 23.8 Å². The minimum atomic E-state index is -1.15. The van der Waals surface area contributed by atoms with Crippen molar-refractivity contribution in [2.24, 2.45) is 0 Å². The van der Waals surface area contributed by atoms with Gasteiger partial charge in [-0.05, 0) is 31.2 Å². The van der Waals surface area contributed by atoms with Crippen molar-refractivity contribution >= 4 is 12.1 Å². The van der Waals surface area contributed by atoms with Crippen LogP contribution in [-0.4, -0.2) is 42.9 Å². The van der Waals surface area contributed by atoms with E-state index in [1.807, 2.05) is 30.3 Å². The van der Waals surface area contributed by atoms with Gasteiger partial charge in [-0.25, -0.2) is 9.59 Å². The first-order valence-electron chi connectivity index (χ1n) is 8.31. The zero-order valence-electron chi connectivity index (χ0n) is 14.8. The molecule has 25 heavy (non-hydrogen) atoms. The molecule has 1 aromatic carbocycles. The third-order valence-corrected chi connectivity index (χ3v) is 4.51. The molecule has 1 fully saturated rings. The average Bonchev–Trinajstić information content (AvgIpc) is 2.66. The Labute approximate surface area is 148 Å². The van der Waals surface area contributed by atoms with Gasteiger partial charge < -0.3 is 14.2 Å². The summed E-state index contributed by atoms with van der Waals surface area (Å²) in [6.07, 6.45) is 2.61. The highest BCUT2D eigenvalue weighted by atomic mass is 16.6. The van der Waals surface area contributed by atoms with Crippen molar-refractivity contribution in [3.63, 3.8) is 0 Å². The summed E-state index contributed by atoms with van der Waals surface area (Å²) in [6.45, 7) is 3.85. The summed E-state index contributed by atoms with van der Waals surface area (Å²) in [6, 6.07) is 9.38. The van der Waals surface area contributed by atoms with Crippen molar-refractivity contribution in [1.29, 1.82) is 0 Å². The van der Waals surface area contributed by atoms with Gasteiger partial charge in [0.1, 0.15) is 18.4 Å².